The Bertz CT molecular complexity index is 436. The molecule has 1 saturated heterocycles. The molecule has 1 aliphatic heterocycles. The third kappa shape index (κ3) is 3.92. The molecule has 0 bridgehead atoms. The zero-order valence-corrected chi connectivity index (χ0v) is 12.6. The minimum atomic E-state index is -0.148. The Morgan fingerprint density at radius 3 is 2.60 bits per heavy atom. The molecule has 0 aliphatic carbocycles. The number of nitrogens with zero attached hydrogens (tertiary/aromatic N) is 3. The van der Waals surface area contributed by atoms with Gasteiger partial charge in [0, 0.05) is 19.6 Å². The van der Waals surface area contributed by atoms with Gasteiger partial charge in [-0.05, 0) is 36.8 Å². The molecule has 1 amide bonds. The average Bonchev–Trinajstić information content (AvgIpc) is 2.46. The van der Waals surface area contributed by atoms with Crippen molar-refractivity contribution in [3.63, 3.8) is 0 Å². The Morgan fingerprint density at radius 1 is 1.35 bits per heavy atom. The first-order valence-electron chi connectivity index (χ1n) is 7.43. The number of nitrogens with one attached hydrogen (secondary N) is 1. The maximum atomic E-state index is 11.9. The van der Waals surface area contributed by atoms with Crippen LogP contribution in [0.25, 0.3) is 0 Å². The van der Waals surface area contributed by atoms with E-state index >= 15 is 0 Å². The second-order valence-electron chi connectivity index (χ2n) is 6.05. The van der Waals surface area contributed by atoms with E-state index in [0.29, 0.717) is 18.2 Å². The summed E-state index contributed by atoms with van der Waals surface area (Å²) in [5.74, 6) is 1.95. The number of hydrogen-bond acceptors (Lipinski definition) is 4. The lowest BCUT2D eigenvalue weighted by atomic mass is 9.99. The van der Waals surface area contributed by atoms with E-state index < -0.39 is 0 Å². The third-order valence-corrected chi connectivity index (χ3v) is 3.66. The van der Waals surface area contributed by atoms with E-state index in [-0.39, 0.29) is 5.91 Å². The highest BCUT2D eigenvalue weighted by molar-refractivity contribution is 5.92. The Morgan fingerprint density at radius 2 is 2.05 bits per heavy atom. The van der Waals surface area contributed by atoms with Crippen molar-refractivity contribution in [2.24, 2.45) is 11.8 Å². The van der Waals surface area contributed by atoms with E-state index in [1.807, 2.05) is 6.07 Å². The molecule has 110 valence electrons. The van der Waals surface area contributed by atoms with Crippen LogP contribution >= 0.6 is 0 Å². The molecule has 1 fully saturated rings. The maximum absolute atomic E-state index is 11.9. The lowest BCUT2D eigenvalue weighted by Gasteiger charge is -2.30. The summed E-state index contributed by atoms with van der Waals surface area (Å²) in [6.07, 6.45) is 2.39. The molecular formula is C15H24N4O. The predicted molar refractivity (Wildman–Crippen MR) is 79.8 cm³/mol. The number of piperidine rings is 1. The van der Waals surface area contributed by atoms with E-state index in [4.69, 9.17) is 0 Å². The summed E-state index contributed by atoms with van der Waals surface area (Å²) in [5, 5.41) is 11.1. The molecule has 0 saturated carbocycles. The van der Waals surface area contributed by atoms with Crippen LogP contribution in [0.3, 0.4) is 0 Å². The van der Waals surface area contributed by atoms with Crippen molar-refractivity contribution in [2.45, 2.75) is 33.6 Å². The smallest absolute Gasteiger partial charge is 0.271 e. The van der Waals surface area contributed by atoms with Crippen LogP contribution in [0.2, 0.25) is 0 Å². The first-order chi connectivity index (χ1) is 9.56. The fraction of sp³-hybridized carbons (Fsp3) is 0.667. The van der Waals surface area contributed by atoms with Gasteiger partial charge in [-0.3, -0.25) is 4.79 Å². The minimum absolute atomic E-state index is 0.148. The lowest BCUT2D eigenvalue weighted by molar-refractivity contribution is 0.0943. The van der Waals surface area contributed by atoms with Gasteiger partial charge in [-0.25, -0.2) is 0 Å². The monoisotopic (exact) mass is 276 g/mol. The number of carbonyl (C=O) groups is 1. The molecule has 20 heavy (non-hydrogen) atoms. The van der Waals surface area contributed by atoms with Crippen LogP contribution in [0.15, 0.2) is 12.1 Å². The maximum Gasteiger partial charge on any atom is 0.271 e. The van der Waals surface area contributed by atoms with Crippen LogP contribution in [0, 0.1) is 11.8 Å². The molecular weight excluding hydrogens is 252 g/mol. The number of hydrogen-bond donors (Lipinski definition) is 1. The van der Waals surface area contributed by atoms with Gasteiger partial charge in [0.2, 0.25) is 0 Å². The fourth-order valence-corrected chi connectivity index (χ4v) is 2.24. The first-order valence-corrected chi connectivity index (χ1v) is 7.43. The Kier molecular flexibility index (Phi) is 4.93. The fourth-order valence-electron chi connectivity index (χ4n) is 2.24. The van der Waals surface area contributed by atoms with Gasteiger partial charge in [0.1, 0.15) is 0 Å². The van der Waals surface area contributed by atoms with Gasteiger partial charge in [0.05, 0.1) is 0 Å². The van der Waals surface area contributed by atoms with Crippen LogP contribution in [0.5, 0.6) is 0 Å². The Balaban J connectivity index is 1.94. The number of carbonyl (C=O) groups excluding carboxylic acids is 1. The van der Waals surface area contributed by atoms with Gasteiger partial charge in [-0.2, -0.15) is 0 Å². The third-order valence-electron chi connectivity index (χ3n) is 3.66. The summed E-state index contributed by atoms with van der Waals surface area (Å²) in [5.41, 5.74) is 0.389. The van der Waals surface area contributed by atoms with Gasteiger partial charge in [-0.1, -0.05) is 20.8 Å². The zero-order chi connectivity index (χ0) is 14.5. The SMILES string of the molecule is CC(C)CNC(=O)c1ccc(N2CCC(C)CC2)nn1. The van der Waals surface area contributed by atoms with Crippen molar-refractivity contribution in [1.29, 1.82) is 0 Å². The molecule has 0 aromatic carbocycles. The number of aromatic nitrogens is 2. The molecule has 5 nitrogen and oxygen atoms in total. The van der Waals surface area contributed by atoms with E-state index in [0.717, 1.165) is 24.8 Å². The highest BCUT2D eigenvalue weighted by Crippen LogP contribution is 2.20. The summed E-state index contributed by atoms with van der Waals surface area (Å²) in [4.78, 5) is 14.1. The number of anilines is 1. The van der Waals surface area contributed by atoms with Gasteiger partial charge in [0.25, 0.3) is 5.91 Å². The molecule has 5 heteroatoms. The van der Waals surface area contributed by atoms with Crippen molar-refractivity contribution in [1.82, 2.24) is 15.5 Å². The summed E-state index contributed by atoms with van der Waals surface area (Å²) in [6, 6.07) is 3.66. The molecule has 0 atom stereocenters. The number of rotatable bonds is 4. The van der Waals surface area contributed by atoms with Gasteiger partial charge >= 0.3 is 0 Å². The van der Waals surface area contributed by atoms with Crippen molar-refractivity contribution in [3.05, 3.63) is 17.8 Å². The molecule has 0 unspecified atom stereocenters. The predicted octanol–water partition coefficient (Wildman–Crippen LogP) is 2.10. The summed E-state index contributed by atoms with van der Waals surface area (Å²) < 4.78 is 0. The van der Waals surface area contributed by atoms with Crippen molar-refractivity contribution in [2.75, 3.05) is 24.5 Å². The van der Waals surface area contributed by atoms with Crippen LogP contribution < -0.4 is 10.2 Å². The van der Waals surface area contributed by atoms with Crippen LogP contribution in [-0.2, 0) is 0 Å². The summed E-state index contributed by atoms with van der Waals surface area (Å²) in [6.45, 7) is 9.11. The average molecular weight is 276 g/mol. The lowest BCUT2D eigenvalue weighted by Crippen LogP contribution is -2.34. The minimum Gasteiger partial charge on any atom is -0.355 e. The van der Waals surface area contributed by atoms with Crippen molar-refractivity contribution in [3.8, 4) is 0 Å². The summed E-state index contributed by atoms with van der Waals surface area (Å²) >= 11 is 0. The Labute approximate surface area is 120 Å². The standard InChI is InChI=1S/C15H24N4O/c1-11(2)10-16-15(20)13-4-5-14(18-17-13)19-8-6-12(3)7-9-19/h4-5,11-12H,6-10H2,1-3H3,(H,16,20). The molecule has 0 spiro atoms. The molecule has 1 N–H and O–H groups in total. The van der Waals surface area contributed by atoms with E-state index in [2.05, 4.69) is 41.2 Å². The van der Waals surface area contributed by atoms with E-state index in [1.54, 1.807) is 6.07 Å². The van der Waals surface area contributed by atoms with Gasteiger partial charge in [-0.15, -0.1) is 10.2 Å². The van der Waals surface area contributed by atoms with Gasteiger partial charge in [0.15, 0.2) is 11.5 Å². The Hall–Kier alpha value is -1.65. The second-order valence-corrected chi connectivity index (χ2v) is 6.05. The largest absolute Gasteiger partial charge is 0.355 e. The molecule has 2 rings (SSSR count). The molecule has 1 aliphatic rings. The molecule has 0 radical (unpaired) electrons. The molecule has 1 aromatic rings. The first kappa shape index (κ1) is 14.8. The number of amides is 1. The van der Waals surface area contributed by atoms with Gasteiger partial charge < -0.3 is 10.2 Å². The topological polar surface area (TPSA) is 58.1 Å². The summed E-state index contributed by atoms with van der Waals surface area (Å²) in [7, 11) is 0. The quantitative estimate of drug-likeness (QED) is 0.915. The molecule has 1 aromatic heterocycles. The highest BCUT2D eigenvalue weighted by atomic mass is 16.1. The van der Waals surface area contributed by atoms with E-state index in [9.17, 15) is 4.79 Å². The van der Waals surface area contributed by atoms with Crippen LogP contribution in [0.4, 0.5) is 5.82 Å². The van der Waals surface area contributed by atoms with E-state index in [1.165, 1.54) is 12.8 Å². The van der Waals surface area contributed by atoms with Crippen molar-refractivity contribution < 1.29 is 4.79 Å². The van der Waals surface area contributed by atoms with Crippen molar-refractivity contribution >= 4 is 11.7 Å². The highest BCUT2D eigenvalue weighted by Gasteiger charge is 2.17. The van der Waals surface area contributed by atoms with Crippen LogP contribution in [0.1, 0.15) is 44.1 Å². The molecule has 2 heterocycles. The zero-order valence-electron chi connectivity index (χ0n) is 12.6. The second kappa shape index (κ2) is 6.68. The normalized spacial score (nSPS) is 16.5. The van der Waals surface area contributed by atoms with Crippen LogP contribution in [-0.4, -0.2) is 35.7 Å².